The zero-order chi connectivity index (χ0) is 36.8. The topological polar surface area (TPSA) is 86.8 Å². The van der Waals surface area contributed by atoms with Gasteiger partial charge in [-0.05, 0) is 66.4 Å². The van der Waals surface area contributed by atoms with Crippen molar-refractivity contribution >= 4 is 62.3 Å². The van der Waals surface area contributed by atoms with Gasteiger partial charge in [0.05, 0.1) is 21.2 Å². The number of benzene rings is 4. The highest BCUT2D eigenvalue weighted by molar-refractivity contribution is 7.92. The van der Waals surface area contributed by atoms with Crippen LogP contribution in [0.5, 0.6) is 0 Å². The maximum atomic E-state index is 14.6. The van der Waals surface area contributed by atoms with Crippen LogP contribution in [-0.4, -0.2) is 44.3 Å². The van der Waals surface area contributed by atoms with Crippen molar-refractivity contribution in [1.82, 2.24) is 10.2 Å². The molecule has 0 saturated carbocycles. The second kappa shape index (κ2) is 16.5. The number of anilines is 1. The van der Waals surface area contributed by atoms with Crippen molar-refractivity contribution in [3.8, 4) is 0 Å². The fourth-order valence-electron chi connectivity index (χ4n) is 5.06. The van der Waals surface area contributed by atoms with Gasteiger partial charge in [0.2, 0.25) is 11.8 Å². The fourth-order valence-corrected chi connectivity index (χ4v) is 7.16. The van der Waals surface area contributed by atoms with Gasteiger partial charge in [0.25, 0.3) is 10.0 Å². The van der Waals surface area contributed by atoms with Gasteiger partial charge in [-0.2, -0.15) is 13.2 Å². The van der Waals surface area contributed by atoms with Gasteiger partial charge in [-0.1, -0.05) is 103 Å². The molecule has 1 N–H and O–H groups in total. The van der Waals surface area contributed by atoms with Crippen LogP contribution in [0.2, 0.25) is 15.1 Å². The van der Waals surface area contributed by atoms with Gasteiger partial charge in [0.15, 0.2) is 0 Å². The number of nitrogens with one attached hydrogen (secondary N) is 1. The summed E-state index contributed by atoms with van der Waals surface area (Å²) in [7, 11) is -4.66. The van der Waals surface area contributed by atoms with Crippen LogP contribution in [0.4, 0.5) is 18.9 Å². The van der Waals surface area contributed by atoms with Gasteiger partial charge in [-0.3, -0.25) is 13.9 Å². The van der Waals surface area contributed by atoms with Crippen molar-refractivity contribution in [2.75, 3.05) is 17.4 Å². The van der Waals surface area contributed by atoms with Gasteiger partial charge in [0, 0.05) is 29.6 Å². The Hall–Kier alpha value is -3.77. The molecule has 0 spiro atoms. The minimum Gasteiger partial charge on any atom is -0.354 e. The number of halogens is 6. The standard InChI is InChI=1S/C36H35Cl3F3N3O4S/c1-23(2)20-43-35(47)33(17-25-7-5-4-6-8-25)44(21-26-11-12-27(37)18-32(26)39)34(46)22-45(50(48,49)29-14-9-24(3)10-15-29)28-13-16-31(38)30(19-28)36(40,41)42/h4-16,18-19,23,33H,17,20-22H2,1-3H3,(H,43,47). The minimum atomic E-state index is -4.93. The lowest BCUT2D eigenvalue weighted by Gasteiger charge is -2.34. The number of hydrogen-bond acceptors (Lipinski definition) is 4. The summed E-state index contributed by atoms with van der Waals surface area (Å²) in [6, 6.07) is 20.6. The molecule has 0 radical (unpaired) electrons. The summed E-state index contributed by atoms with van der Waals surface area (Å²) < 4.78 is 71.0. The normalized spacial score (nSPS) is 12.4. The molecule has 0 aromatic heterocycles. The Morgan fingerprint density at radius 1 is 0.860 bits per heavy atom. The summed E-state index contributed by atoms with van der Waals surface area (Å²) >= 11 is 18.5. The van der Waals surface area contributed by atoms with E-state index in [-0.39, 0.29) is 35.3 Å². The number of amides is 2. The number of nitrogens with zero attached hydrogens (tertiary/aromatic N) is 2. The fraction of sp³-hybridized carbons (Fsp3) is 0.278. The lowest BCUT2D eigenvalue weighted by atomic mass is 10.0. The average molecular weight is 769 g/mol. The molecule has 1 unspecified atom stereocenters. The molecular formula is C36H35Cl3F3N3O4S. The first-order valence-corrected chi connectivity index (χ1v) is 18.1. The molecule has 2 amide bonds. The largest absolute Gasteiger partial charge is 0.417 e. The van der Waals surface area contributed by atoms with Crippen molar-refractivity contribution < 1.29 is 31.2 Å². The Kier molecular flexibility index (Phi) is 12.9. The first-order valence-electron chi connectivity index (χ1n) is 15.5. The van der Waals surface area contributed by atoms with Gasteiger partial charge in [0.1, 0.15) is 12.6 Å². The second-order valence-electron chi connectivity index (χ2n) is 12.1. The molecule has 0 aliphatic rings. The Balaban J connectivity index is 1.88. The Bertz CT molecular complexity index is 1930. The smallest absolute Gasteiger partial charge is 0.354 e. The summed E-state index contributed by atoms with van der Waals surface area (Å²) in [4.78, 5) is 29.4. The molecule has 0 heterocycles. The van der Waals surface area contributed by atoms with Crippen LogP contribution in [0.15, 0.2) is 95.9 Å². The summed E-state index contributed by atoms with van der Waals surface area (Å²) in [5.74, 6) is -1.33. The number of alkyl halides is 3. The van der Waals surface area contributed by atoms with Gasteiger partial charge in [-0.25, -0.2) is 8.42 Å². The van der Waals surface area contributed by atoms with Gasteiger partial charge in [-0.15, -0.1) is 0 Å². The minimum absolute atomic E-state index is 0.0333. The number of aryl methyl sites for hydroxylation is 1. The number of carbonyl (C=O) groups excluding carboxylic acids is 2. The molecule has 0 saturated heterocycles. The summed E-state index contributed by atoms with van der Waals surface area (Å²) in [5, 5.41) is 2.73. The maximum absolute atomic E-state index is 14.6. The van der Waals surface area contributed by atoms with Gasteiger partial charge >= 0.3 is 6.18 Å². The quantitative estimate of drug-likeness (QED) is 0.148. The van der Waals surface area contributed by atoms with E-state index in [0.717, 1.165) is 17.7 Å². The Labute approximate surface area is 305 Å². The zero-order valence-corrected chi connectivity index (χ0v) is 30.4. The molecule has 0 aliphatic carbocycles. The highest BCUT2D eigenvalue weighted by Gasteiger charge is 2.38. The van der Waals surface area contributed by atoms with E-state index in [9.17, 15) is 31.2 Å². The van der Waals surface area contributed by atoms with E-state index in [0.29, 0.717) is 26.5 Å². The number of rotatable bonds is 13. The third-order valence-corrected chi connectivity index (χ3v) is 10.4. The monoisotopic (exact) mass is 767 g/mol. The van der Waals surface area contributed by atoms with Crippen LogP contribution in [0.3, 0.4) is 0 Å². The Morgan fingerprint density at radius 2 is 1.52 bits per heavy atom. The maximum Gasteiger partial charge on any atom is 0.417 e. The number of hydrogen-bond donors (Lipinski definition) is 1. The van der Waals surface area contributed by atoms with E-state index >= 15 is 0 Å². The van der Waals surface area contributed by atoms with E-state index < -0.39 is 56.9 Å². The number of sulfonamides is 1. The zero-order valence-electron chi connectivity index (χ0n) is 27.3. The highest BCUT2D eigenvalue weighted by Crippen LogP contribution is 2.38. The SMILES string of the molecule is Cc1ccc(S(=O)(=O)N(CC(=O)N(Cc2ccc(Cl)cc2Cl)C(Cc2ccccc2)C(=O)NCC(C)C)c2ccc(Cl)c(C(F)(F)F)c2)cc1. The van der Waals surface area contributed by atoms with Gasteiger partial charge < -0.3 is 10.2 Å². The highest BCUT2D eigenvalue weighted by atomic mass is 35.5. The molecular weight excluding hydrogens is 734 g/mol. The molecule has 1 atom stereocenters. The molecule has 14 heteroatoms. The molecule has 7 nitrogen and oxygen atoms in total. The number of carbonyl (C=O) groups is 2. The molecule has 266 valence electrons. The van der Waals surface area contributed by atoms with E-state index in [2.05, 4.69) is 5.32 Å². The molecule has 4 aromatic rings. The third-order valence-electron chi connectivity index (χ3n) is 7.74. The summed E-state index contributed by atoms with van der Waals surface area (Å²) in [6.45, 7) is 4.60. The first-order chi connectivity index (χ1) is 23.5. The predicted octanol–water partition coefficient (Wildman–Crippen LogP) is 8.58. The lowest BCUT2D eigenvalue weighted by Crippen LogP contribution is -2.53. The molecule has 0 aliphatic heterocycles. The molecule has 0 fully saturated rings. The first kappa shape index (κ1) is 39.0. The molecule has 50 heavy (non-hydrogen) atoms. The van der Waals surface area contributed by atoms with Crippen LogP contribution in [0, 0.1) is 12.8 Å². The van der Waals surface area contributed by atoms with Crippen molar-refractivity contribution in [2.45, 2.75) is 50.9 Å². The average Bonchev–Trinajstić information content (AvgIpc) is 3.05. The van der Waals surface area contributed by atoms with Crippen LogP contribution >= 0.6 is 34.8 Å². The molecule has 0 bridgehead atoms. The van der Waals surface area contributed by atoms with Crippen LogP contribution < -0.4 is 9.62 Å². The van der Waals surface area contributed by atoms with E-state index in [1.165, 1.54) is 35.2 Å². The Morgan fingerprint density at radius 3 is 2.12 bits per heavy atom. The van der Waals surface area contributed by atoms with Crippen LogP contribution in [0.25, 0.3) is 0 Å². The van der Waals surface area contributed by atoms with Crippen molar-refractivity contribution in [1.29, 1.82) is 0 Å². The summed E-state index contributed by atoms with van der Waals surface area (Å²) in [5.41, 5.74) is 0.100. The van der Waals surface area contributed by atoms with E-state index in [1.807, 2.05) is 13.8 Å². The molecule has 4 rings (SSSR count). The van der Waals surface area contributed by atoms with Crippen molar-refractivity contribution in [3.63, 3.8) is 0 Å². The van der Waals surface area contributed by atoms with E-state index in [4.69, 9.17) is 34.8 Å². The van der Waals surface area contributed by atoms with Crippen LogP contribution in [0.1, 0.15) is 36.1 Å². The van der Waals surface area contributed by atoms with Crippen molar-refractivity contribution in [2.24, 2.45) is 5.92 Å². The predicted molar refractivity (Wildman–Crippen MR) is 191 cm³/mol. The van der Waals surface area contributed by atoms with E-state index in [1.54, 1.807) is 49.4 Å². The third kappa shape index (κ3) is 9.93. The van der Waals surface area contributed by atoms with Crippen LogP contribution in [-0.2, 0) is 38.8 Å². The second-order valence-corrected chi connectivity index (χ2v) is 15.2. The summed E-state index contributed by atoms with van der Waals surface area (Å²) in [6.07, 6.45) is -4.89. The lowest BCUT2D eigenvalue weighted by molar-refractivity contribution is -0.140. The molecule has 4 aromatic carbocycles. The van der Waals surface area contributed by atoms with Crippen molar-refractivity contribution in [3.05, 3.63) is 128 Å².